The van der Waals surface area contributed by atoms with E-state index in [2.05, 4.69) is 20.8 Å². The van der Waals surface area contributed by atoms with Crippen molar-refractivity contribution in [1.29, 1.82) is 0 Å². The summed E-state index contributed by atoms with van der Waals surface area (Å²) in [7, 11) is 0. The molecule has 0 spiro atoms. The molecular formula is C18H14N4O2S. The summed E-state index contributed by atoms with van der Waals surface area (Å²) in [5.41, 5.74) is 5.55. The van der Waals surface area contributed by atoms with Crippen molar-refractivity contribution in [3.05, 3.63) is 84.3 Å². The quantitative estimate of drug-likeness (QED) is 0.707. The third-order valence-electron chi connectivity index (χ3n) is 3.19. The molecule has 0 fully saturated rings. The summed E-state index contributed by atoms with van der Waals surface area (Å²) in [5.74, 6) is -0.824. The summed E-state index contributed by atoms with van der Waals surface area (Å²) in [4.78, 5) is 33.0. The normalized spacial score (nSPS) is 10.1. The van der Waals surface area contributed by atoms with Crippen LogP contribution in [-0.2, 0) is 0 Å². The van der Waals surface area contributed by atoms with Crippen LogP contribution in [-0.4, -0.2) is 21.8 Å². The van der Waals surface area contributed by atoms with E-state index >= 15 is 0 Å². The number of hydrogen-bond acceptors (Lipinski definition) is 5. The van der Waals surface area contributed by atoms with Gasteiger partial charge < -0.3 is 0 Å². The highest BCUT2D eigenvalue weighted by atomic mass is 32.2. The van der Waals surface area contributed by atoms with Crippen LogP contribution in [0.25, 0.3) is 0 Å². The third-order valence-corrected chi connectivity index (χ3v) is 4.15. The minimum Gasteiger partial charge on any atom is -0.267 e. The van der Waals surface area contributed by atoms with Crippen LogP contribution in [0.4, 0.5) is 0 Å². The maximum atomic E-state index is 12.1. The molecule has 0 aliphatic heterocycles. The first-order valence-corrected chi connectivity index (χ1v) is 8.24. The first-order chi connectivity index (χ1) is 12.2. The zero-order chi connectivity index (χ0) is 17.5. The highest BCUT2D eigenvalue weighted by molar-refractivity contribution is 7.99. The second-order valence-corrected chi connectivity index (χ2v) is 6.04. The molecule has 0 bridgehead atoms. The summed E-state index contributed by atoms with van der Waals surface area (Å²) in [6, 6.07) is 16.0. The fourth-order valence-electron chi connectivity index (χ4n) is 1.96. The van der Waals surface area contributed by atoms with E-state index in [4.69, 9.17) is 0 Å². The molecule has 2 N–H and O–H groups in total. The molecule has 2 amide bonds. The maximum Gasteiger partial charge on any atom is 0.271 e. The molecule has 0 radical (unpaired) electrons. The average Bonchev–Trinajstić information content (AvgIpc) is 2.68. The standard InChI is InChI=1S/C18H14N4O2S/c23-17(21-22-18(24)14-4-3-10-19-12-14)13-6-8-15(9-7-13)25-16-5-1-2-11-20-16/h1-12H,(H,21,23)(H,22,24). The first kappa shape index (κ1) is 16.7. The molecule has 1 aromatic carbocycles. The number of hydrazine groups is 1. The van der Waals surface area contributed by atoms with Gasteiger partial charge in [0.1, 0.15) is 5.03 Å². The number of rotatable bonds is 4. The summed E-state index contributed by atoms with van der Waals surface area (Å²) >= 11 is 1.50. The van der Waals surface area contributed by atoms with Gasteiger partial charge in [0.2, 0.25) is 0 Å². The van der Waals surface area contributed by atoms with Crippen molar-refractivity contribution in [2.45, 2.75) is 9.92 Å². The number of aromatic nitrogens is 2. The summed E-state index contributed by atoms with van der Waals surface area (Å²) in [6.07, 6.45) is 4.72. The number of carbonyl (C=O) groups is 2. The van der Waals surface area contributed by atoms with E-state index in [1.807, 2.05) is 30.3 Å². The van der Waals surface area contributed by atoms with Gasteiger partial charge in [-0.2, -0.15) is 0 Å². The van der Waals surface area contributed by atoms with Gasteiger partial charge in [-0.1, -0.05) is 17.8 Å². The highest BCUT2D eigenvalue weighted by Gasteiger charge is 2.09. The molecule has 25 heavy (non-hydrogen) atoms. The number of nitrogens with zero attached hydrogens (tertiary/aromatic N) is 2. The lowest BCUT2D eigenvalue weighted by atomic mass is 10.2. The average molecular weight is 350 g/mol. The van der Waals surface area contributed by atoms with Gasteiger partial charge in [0, 0.05) is 29.0 Å². The Kier molecular flexibility index (Phi) is 5.38. The van der Waals surface area contributed by atoms with Gasteiger partial charge in [-0.25, -0.2) is 4.98 Å². The summed E-state index contributed by atoms with van der Waals surface area (Å²) < 4.78 is 0. The summed E-state index contributed by atoms with van der Waals surface area (Å²) in [5, 5.41) is 0.878. The first-order valence-electron chi connectivity index (χ1n) is 7.42. The number of pyridine rings is 2. The van der Waals surface area contributed by atoms with Crippen molar-refractivity contribution in [2.75, 3.05) is 0 Å². The van der Waals surface area contributed by atoms with Crippen LogP contribution in [0.15, 0.2) is 83.1 Å². The molecule has 6 nitrogen and oxygen atoms in total. The monoisotopic (exact) mass is 350 g/mol. The molecule has 0 unspecified atom stereocenters. The van der Waals surface area contributed by atoms with E-state index in [1.165, 1.54) is 18.0 Å². The van der Waals surface area contributed by atoms with Crippen LogP contribution < -0.4 is 10.9 Å². The third kappa shape index (κ3) is 4.65. The number of amides is 2. The lowest BCUT2D eigenvalue weighted by Gasteiger charge is -2.07. The van der Waals surface area contributed by atoms with Crippen molar-refractivity contribution in [1.82, 2.24) is 20.8 Å². The molecule has 0 aliphatic rings. The Labute approximate surface area is 148 Å². The van der Waals surface area contributed by atoms with Crippen molar-refractivity contribution >= 4 is 23.6 Å². The second kappa shape index (κ2) is 8.07. The molecule has 2 heterocycles. The smallest absolute Gasteiger partial charge is 0.267 e. The molecule has 3 rings (SSSR count). The van der Waals surface area contributed by atoms with Crippen molar-refractivity contribution in [3.63, 3.8) is 0 Å². The number of nitrogens with one attached hydrogen (secondary N) is 2. The molecular weight excluding hydrogens is 336 g/mol. The van der Waals surface area contributed by atoms with E-state index in [9.17, 15) is 9.59 Å². The Balaban J connectivity index is 1.56. The largest absolute Gasteiger partial charge is 0.271 e. The Morgan fingerprint density at radius 2 is 1.56 bits per heavy atom. The molecule has 2 aromatic heterocycles. The lowest BCUT2D eigenvalue weighted by molar-refractivity contribution is 0.0846. The fourth-order valence-corrected chi connectivity index (χ4v) is 2.73. The van der Waals surface area contributed by atoms with E-state index in [-0.39, 0.29) is 0 Å². The van der Waals surface area contributed by atoms with Crippen LogP contribution >= 0.6 is 11.8 Å². The van der Waals surface area contributed by atoms with Crippen molar-refractivity contribution in [3.8, 4) is 0 Å². The molecule has 7 heteroatoms. The molecule has 0 aliphatic carbocycles. The predicted molar refractivity (Wildman–Crippen MR) is 94.0 cm³/mol. The van der Waals surface area contributed by atoms with Gasteiger partial charge in [0.25, 0.3) is 11.8 Å². The number of benzene rings is 1. The maximum absolute atomic E-state index is 12.1. The molecule has 0 atom stereocenters. The molecule has 124 valence electrons. The zero-order valence-electron chi connectivity index (χ0n) is 13.0. The predicted octanol–water partition coefficient (Wildman–Crippen LogP) is 2.70. The van der Waals surface area contributed by atoms with E-state index < -0.39 is 11.8 Å². The Morgan fingerprint density at radius 3 is 2.20 bits per heavy atom. The Bertz CT molecular complexity index is 855. The minimum atomic E-state index is -0.427. The number of carbonyl (C=O) groups excluding carboxylic acids is 2. The number of hydrogen-bond donors (Lipinski definition) is 2. The van der Waals surface area contributed by atoms with Crippen LogP contribution in [0.5, 0.6) is 0 Å². The van der Waals surface area contributed by atoms with Crippen LogP contribution in [0, 0.1) is 0 Å². The van der Waals surface area contributed by atoms with Gasteiger partial charge in [0.05, 0.1) is 5.56 Å². The molecule has 3 aromatic rings. The Hall–Kier alpha value is -3.19. The van der Waals surface area contributed by atoms with Gasteiger partial charge >= 0.3 is 0 Å². The lowest BCUT2D eigenvalue weighted by Crippen LogP contribution is -2.41. The van der Waals surface area contributed by atoms with Crippen LogP contribution in [0.3, 0.4) is 0 Å². The van der Waals surface area contributed by atoms with Gasteiger partial charge in [-0.15, -0.1) is 0 Å². The highest BCUT2D eigenvalue weighted by Crippen LogP contribution is 2.25. The van der Waals surface area contributed by atoms with Crippen molar-refractivity contribution in [2.24, 2.45) is 0 Å². The van der Waals surface area contributed by atoms with E-state index in [0.29, 0.717) is 11.1 Å². The molecule has 0 saturated heterocycles. The second-order valence-electron chi connectivity index (χ2n) is 4.94. The zero-order valence-corrected chi connectivity index (χ0v) is 13.9. The topological polar surface area (TPSA) is 84.0 Å². The van der Waals surface area contributed by atoms with Crippen LogP contribution in [0.2, 0.25) is 0 Å². The van der Waals surface area contributed by atoms with E-state index in [1.54, 1.807) is 36.7 Å². The summed E-state index contributed by atoms with van der Waals surface area (Å²) in [6.45, 7) is 0. The van der Waals surface area contributed by atoms with Gasteiger partial charge in [0.15, 0.2) is 0 Å². The minimum absolute atomic E-state index is 0.366. The van der Waals surface area contributed by atoms with Crippen LogP contribution in [0.1, 0.15) is 20.7 Å². The van der Waals surface area contributed by atoms with Gasteiger partial charge in [-0.3, -0.25) is 25.4 Å². The fraction of sp³-hybridized carbons (Fsp3) is 0. The van der Waals surface area contributed by atoms with Crippen molar-refractivity contribution < 1.29 is 9.59 Å². The van der Waals surface area contributed by atoms with E-state index in [0.717, 1.165) is 9.92 Å². The molecule has 0 saturated carbocycles. The Morgan fingerprint density at radius 1 is 0.800 bits per heavy atom. The van der Waals surface area contributed by atoms with Gasteiger partial charge in [-0.05, 0) is 48.5 Å². The SMILES string of the molecule is O=C(NNC(=O)c1cccnc1)c1ccc(Sc2ccccn2)cc1.